The average Bonchev–Trinajstić information content (AvgIpc) is 2.53. The van der Waals surface area contributed by atoms with Crippen molar-refractivity contribution in [3.8, 4) is 0 Å². The molecule has 0 unspecified atom stereocenters. The maximum absolute atomic E-state index is 12.2. The number of rotatable bonds is 5. The van der Waals surface area contributed by atoms with Crippen molar-refractivity contribution in [2.45, 2.75) is 46.2 Å². The molecule has 7 nitrogen and oxygen atoms in total. The molecule has 0 saturated heterocycles. The number of nitrogens with zero attached hydrogens (tertiary/aromatic N) is 1. The zero-order valence-electron chi connectivity index (χ0n) is 14.5. The predicted molar refractivity (Wildman–Crippen MR) is 91.7 cm³/mol. The van der Waals surface area contributed by atoms with Crippen molar-refractivity contribution in [2.75, 3.05) is 11.9 Å². The van der Waals surface area contributed by atoms with Crippen LogP contribution in [0.5, 0.6) is 0 Å². The summed E-state index contributed by atoms with van der Waals surface area (Å²) in [5, 5.41) is 27.0. The number of hydrogen-bond donors (Lipinski definition) is 3. The number of non-ortho nitro benzene ring substituents is 1. The number of nitro benzene ring substituents is 1. The Morgan fingerprint density at radius 3 is 2.71 bits per heavy atom. The highest BCUT2D eigenvalue weighted by atomic mass is 16.6. The number of benzene rings is 1. The number of aliphatic hydroxyl groups excluding tert-OH is 1. The number of hydrogen-bond acceptors (Lipinski definition) is 5. The van der Waals surface area contributed by atoms with E-state index in [0.29, 0.717) is 12.0 Å². The number of fused-ring (bicyclic) bond motifs is 1. The number of amides is 1. The summed E-state index contributed by atoms with van der Waals surface area (Å²) in [5.74, 6) is -0.272. The molecule has 0 fully saturated rings. The molecule has 1 aromatic rings. The number of carbonyl (C=O) groups excluding carboxylic acids is 1. The van der Waals surface area contributed by atoms with E-state index in [-0.39, 0.29) is 41.6 Å². The fourth-order valence-corrected chi connectivity index (χ4v) is 2.79. The first-order chi connectivity index (χ1) is 11.2. The van der Waals surface area contributed by atoms with Gasteiger partial charge in [0.15, 0.2) is 0 Å². The Morgan fingerprint density at radius 2 is 2.17 bits per heavy atom. The minimum absolute atomic E-state index is 0.000727. The molecule has 0 aliphatic carbocycles. The molecule has 0 saturated carbocycles. The maximum Gasteiger partial charge on any atom is 0.269 e. The summed E-state index contributed by atoms with van der Waals surface area (Å²) in [5.41, 5.74) is 1.08. The zero-order valence-corrected chi connectivity index (χ0v) is 14.5. The van der Waals surface area contributed by atoms with E-state index >= 15 is 0 Å². The van der Waals surface area contributed by atoms with E-state index in [9.17, 15) is 20.0 Å². The SMILES string of the molecule is CC(C)C(=O)N[C@H]1C[C@@H](C(C)(C)CO)Nc2ccc([N+](=O)[O-])cc21. The third kappa shape index (κ3) is 3.67. The summed E-state index contributed by atoms with van der Waals surface area (Å²) in [6, 6.07) is 4.24. The monoisotopic (exact) mass is 335 g/mol. The third-order valence-corrected chi connectivity index (χ3v) is 4.61. The van der Waals surface area contributed by atoms with Gasteiger partial charge in [0.05, 0.1) is 17.6 Å². The lowest BCUT2D eigenvalue weighted by atomic mass is 9.78. The van der Waals surface area contributed by atoms with Crippen LogP contribution >= 0.6 is 0 Å². The predicted octanol–water partition coefficient (Wildman–Crippen LogP) is 2.61. The normalized spacial score (nSPS) is 20.2. The Morgan fingerprint density at radius 1 is 1.50 bits per heavy atom. The minimum atomic E-state index is -0.439. The summed E-state index contributed by atoms with van der Waals surface area (Å²) in [7, 11) is 0. The molecule has 2 rings (SSSR count). The van der Waals surface area contributed by atoms with Crippen LogP contribution in [-0.2, 0) is 4.79 Å². The molecule has 2 atom stereocenters. The van der Waals surface area contributed by atoms with Gasteiger partial charge in [0.1, 0.15) is 0 Å². The van der Waals surface area contributed by atoms with Gasteiger partial charge < -0.3 is 15.7 Å². The van der Waals surface area contributed by atoms with E-state index in [2.05, 4.69) is 10.6 Å². The highest BCUT2D eigenvalue weighted by Gasteiger charge is 2.37. The Kier molecular flexibility index (Phi) is 5.13. The van der Waals surface area contributed by atoms with Gasteiger partial charge in [-0.15, -0.1) is 0 Å². The van der Waals surface area contributed by atoms with Gasteiger partial charge in [-0.2, -0.15) is 0 Å². The molecule has 0 bridgehead atoms. The summed E-state index contributed by atoms with van der Waals surface area (Å²) >= 11 is 0. The number of aliphatic hydroxyl groups is 1. The highest BCUT2D eigenvalue weighted by molar-refractivity contribution is 5.79. The number of nitrogens with one attached hydrogen (secondary N) is 2. The lowest BCUT2D eigenvalue weighted by molar-refractivity contribution is -0.384. The molecule has 1 aliphatic rings. The Bertz CT molecular complexity index is 643. The Hall–Kier alpha value is -2.15. The van der Waals surface area contributed by atoms with Crippen molar-refractivity contribution in [1.82, 2.24) is 5.32 Å². The van der Waals surface area contributed by atoms with Crippen LogP contribution in [0.4, 0.5) is 11.4 Å². The molecular weight excluding hydrogens is 310 g/mol. The van der Waals surface area contributed by atoms with Gasteiger partial charge in [0.2, 0.25) is 5.91 Å². The lowest BCUT2D eigenvalue weighted by Crippen LogP contribution is -2.46. The summed E-state index contributed by atoms with van der Waals surface area (Å²) in [4.78, 5) is 22.8. The minimum Gasteiger partial charge on any atom is -0.396 e. The van der Waals surface area contributed by atoms with Crippen LogP contribution in [0.3, 0.4) is 0 Å². The molecule has 0 spiro atoms. The molecule has 132 valence electrons. The van der Waals surface area contributed by atoms with Gasteiger partial charge in [-0.05, 0) is 12.5 Å². The fourth-order valence-electron chi connectivity index (χ4n) is 2.79. The number of nitro groups is 1. The number of carbonyl (C=O) groups is 1. The van der Waals surface area contributed by atoms with E-state index in [1.54, 1.807) is 19.9 Å². The smallest absolute Gasteiger partial charge is 0.269 e. The molecule has 1 aromatic carbocycles. The van der Waals surface area contributed by atoms with Crippen molar-refractivity contribution >= 4 is 17.3 Å². The molecule has 24 heavy (non-hydrogen) atoms. The Balaban J connectivity index is 2.41. The van der Waals surface area contributed by atoms with Gasteiger partial charge in [0, 0.05) is 40.8 Å². The van der Waals surface area contributed by atoms with Crippen LogP contribution in [0.2, 0.25) is 0 Å². The van der Waals surface area contributed by atoms with Crippen molar-refractivity contribution in [1.29, 1.82) is 0 Å². The summed E-state index contributed by atoms with van der Waals surface area (Å²) in [6.07, 6.45) is 0.556. The van der Waals surface area contributed by atoms with Crippen molar-refractivity contribution < 1.29 is 14.8 Å². The second-order valence-corrected chi connectivity index (χ2v) is 7.32. The molecule has 7 heteroatoms. The van der Waals surface area contributed by atoms with Gasteiger partial charge in [-0.3, -0.25) is 14.9 Å². The molecule has 0 radical (unpaired) electrons. The fraction of sp³-hybridized carbons (Fsp3) is 0.588. The zero-order chi connectivity index (χ0) is 18.1. The quantitative estimate of drug-likeness (QED) is 0.567. The third-order valence-electron chi connectivity index (χ3n) is 4.61. The molecule has 1 amide bonds. The van der Waals surface area contributed by atoms with Crippen LogP contribution in [0.15, 0.2) is 18.2 Å². The largest absolute Gasteiger partial charge is 0.396 e. The first-order valence-electron chi connectivity index (χ1n) is 8.12. The first kappa shape index (κ1) is 18.2. The van der Waals surface area contributed by atoms with Crippen LogP contribution in [0.1, 0.15) is 45.7 Å². The average molecular weight is 335 g/mol. The first-order valence-corrected chi connectivity index (χ1v) is 8.12. The molecule has 0 aromatic heterocycles. The van der Waals surface area contributed by atoms with E-state index in [1.165, 1.54) is 12.1 Å². The highest BCUT2D eigenvalue weighted by Crippen LogP contribution is 2.40. The molecule has 1 aliphatic heterocycles. The van der Waals surface area contributed by atoms with Crippen molar-refractivity contribution in [3.05, 3.63) is 33.9 Å². The second kappa shape index (κ2) is 6.76. The summed E-state index contributed by atoms with van der Waals surface area (Å²) < 4.78 is 0. The van der Waals surface area contributed by atoms with Crippen molar-refractivity contribution in [3.63, 3.8) is 0 Å². The molecular formula is C17H25N3O4. The van der Waals surface area contributed by atoms with E-state index in [4.69, 9.17) is 0 Å². The lowest BCUT2D eigenvalue weighted by Gasteiger charge is -2.41. The summed E-state index contributed by atoms with van der Waals surface area (Å²) in [6.45, 7) is 7.50. The van der Waals surface area contributed by atoms with E-state index in [0.717, 1.165) is 5.69 Å². The van der Waals surface area contributed by atoms with E-state index < -0.39 is 4.92 Å². The molecule has 3 N–H and O–H groups in total. The van der Waals surface area contributed by atoms with Gasteiger partial charge in [-0.1, -0.05) is 27.7 Å². The van der Waals surface area contributed by atoms with Crippen LogP contribution < -0.4 is 10.6 Å². The molecule has 1 heterocycles. The van der Waals surface area contributed by atoms with Gasteiger partial charge in [0.25, 0.3) is 5.69 Å². The number of anilines is 1. The second-order valence-electron chi connectivity index (χ2n) is 7.32. The van der Waals surface area contributed by atoms with Crippen LogP contribution in [0.25, 0.3) is 0 Å². The topological polar surface area (TPSA) is 104 Å². The van der Waals surface area contributed by atoms with Crippen molar-refractivity contribution in [2.24, 2.45) is 11.3 Å². The van der Waals surface area contributed by atoms with E-state index in [1.807, 2.05) is 13.8 Å². The van der Waals surface area contributed by atoms with Gasteiger partial charge in [-0.25, -0.2) is 0 Å². The maximum atomic E-state index is 12.2. The Labute approximate surface area is 141 Å². The van der Waals surface area contributed by atoms with Crippen LogP contribution in [0, 0.1) is 21.4 Å². The van der Waals surface area contributed by atoms with Gasteiger partial charge >= 0.3 is 0 Å². The van der Waals surface area contributed by atoms with Crippen LogP contribution in [-0.4, -0.2) is 28.6 Å². The standard InChI is InChI=1S/C17H25N3O4/c1-10(2)16(22)19-14-8-15(17(3,4)9-21)18-13-6-5-11(20(23)24)7-12(13)14/h5-7,10,14-15,18,21H,8-9H2,1-4H3,(H,19,22)/t14-,15-/m0/s1.